The highest BCUT2D eigenvalue weighted by molar-refractivity contribution is 6.35. The van der Waals surface area contributed by atoms with Crippen LogP contribution in [0.1, 0.15) is 5.69 Å². The summed E-state index contributed by atoms with van der Waals surface area (Å²) >= 11 is 6.18. The third-order valence-electron chi connectivity index (χ3n) is 4.53. The second-order valence-electron chi connectivity index (χ2n) is 5.84. The minimum Gasteiger partial charge on any atom is -0.364 e. The first kappa shape index (κ1) is 12.6. The van der Waals surface area contributed by atoms with Gasteiger partial charge in [0, 0.05) is 36.4 Å². The first-order valence-electron chi connectivity index (χ1n) is 7.31. The minimum absolute atomic E-state index is 0.202. The molecule has 22 heavy (non-hydrogen) atoms. The van der Waals surface area contributed by atoms with E-state index in [2.05, 4.69) is 26.0 Å². The number of ether oxygens (including phenoxy) is 1. The number of H-pyrrole nitrogens is 1. The number of hydrogen-bond donors (Lipinski definition) is 2. The van der Waals surface area contributed by atoms with Crippen LogP contribution in [0.3, 0.4) is 0 Å². The number of fused-ring (bicyclic) bond motifs is 3. The molecular weight excluding hydrogens is 302 g/mol. The summed E-state index contributed by atoms with van der Waals surface area (Å²) in [6.45, 7) is 3.19. The Hall–Kier alpha value is -1.89. The highest BCUT2D eigenvalue weighted by Crippen LogP contribution is 2.36. The lowest BCUT2D eigenvalue weighted by Crippen LogP contribution is -2.61. The summed E-state index contributed by atoms with van der Waals surface area (Å²) < 4.78 is 8.05. The fourth-order valence-corrected chi connectivity index (χ4v) is 3.44. The van der Waals surface area contributed by atoms with Gasteiger partial charge in [0.2, 0.25) is 0 Å². The largest absolute Gasteiger partial charge is 0.364 e. The van der Waals surface area contributed by atoms with Crippen LogP contribution in [0.25, 0.3) is 22.3 Å². The number of hydrogen-bond acceptors (Lipinski definition) is 4. The van der Waals surface area contributed by atoms with Gasteiger partial charge in [-0.3, -0.25) is 4.68 Å². The summed E-state index contributed by atoms with van der Waals surface area (Å²) in [7, 11) is 0. The van der Waals surface area contributed by atoms with Crippen molar-refractivity contribution >= 4 is 22.6 Å². The number of rotatable bonds is 1. The van der Waals surface area contributed by atoms with Crippen molar-refractivity contribution < 1.29 is 4.74 Å². The summed E-state index contributed by atoms with van der Waals surface area (Å²) in [5.74, 6) is 0. The molecule has 2 aliphatic rings. The lowest BCUT2D eigenvalue weighted by Gasteiger charge is -2.44. The van der Waals surface area contributed by atoms with Gasteiger partial charge in [-0.05, 0) is 12.1 Å². The molecule has 0 unspecified atom stereocenters. The lowest BCUT2D eigenvalue weighted by molar-refractivity contribution is -0.112. The molecule has 2 aliphatic heterocycles. The lowest BCUT2D eigenvalue weighted by atomic mass is 9.91. The molecule has 0 atom stereocenters. The van der Waals surface area contributed by atoms with Gasteiger partial charge in [-0.2, -0.15) is 5.10 Å². The van der Waals surface area contributed by atoms with Gasteiger partial charge in [-0.1, -0.05) is 11.6 Å². The van der Waals surface area contributed by atoms with E-state index in [1.165, 1.54) is 0 Å². The molecule has 3 aromatic rings. The average Bonchev–Trinajstić information content (AvgIpc) is 3.09. The number of pyridine rings is 1. The molecule has 1 spiro atoms. The average molecular weight is 316 g/mol. The third-order valence-corrected chi connectivity index (χ3v) is 4.84. The Balaban J connectivity index is 1.64. The second-order valence-corrected chi connectivity index (χ2v) is 6.25. The monoisotopic (exact) mass is 315 g/mol. The standard InChI is InChI=1S/C15H14ClN5O/c16-11-6-19-14-10(11)3-9(5-18-14)12-4-13-15(7-17-8-15)22-2-1-21(13)20-12/h3-6,17H,1-2,7-8H2,(H,18,19). The van der Waals surface area contributed by atoms with Crippen LogP contribution >= 0.6 is 11.6 Å². The van der Waals surface area contributed by atoms with Crippen LogP contribution in [0.2, 0.25) is 5.02 Å². The van der Waals surface area contributed by atoms with Crippen LogP contribution in [-0.4, -0.2) is 39.4 Å². The molecule has 5 heterocycles. The van der Waals surface area contributed by atoms with Crippen molar-refractivity contribution in [2.24, 2.45) is 0 Å². The molecule has 112 valence electrons. The van der Waals surface area contributed by atoms with Gasteiger partial charge in [-0.25, -0.2) is 4.98 Å². The SMILES string of the molecule is Clc1c[nH]c2ncc(-c3cc4n(n3)CCOC43CNC3)cc12. The van der Waals surface area contributed by atoms with Crippen LogP contribution in [0.15, 0.2) is 24.5 Å². The fourth-order valence-electron chi connectivity index (χ4n) is 3.24. The topological polar surface area (TPSA) is 67.8 Å². The minimum atomic E-state index is -0.202. The quantitative estimate of drug-likeness (QED) is 0.720. The molecule has 6 nitrogen and oxygen atoms in total. The highest BCUT2D eigenvalue weighted by atomic mass is 35.5. The van der Waals surface area contributed by atoms with Crippen molar-refractivity contribution in [3.63, 3.8) is 0 Å². The number of nitrogens with one attached hydrogen (secondary N) is 2. The molecule has 3 aromatic heterocycles. The smallest absolute Gasteiger partial charge is 0.138 e. The summed E-state index contributed by atoms with van der Waals surface area (Å²) in [5.41, 5.74) is 3.62. The normalized spacial score (nSPS) is 19.3. The maximum Gasteiger partial charge on any atom is 0.138 e. The molecule has 0 saturated carbocycles. The van der Waals surface area contributed by atoms with E-state index in [9.17, 15) is 0 Å². The molecule has 5 rings (SSSR count). The van der Waals surface area contributed by atoms with Gasteiger partial charge in [0.1, 0.15) is 11.2 Å². The van der Waals surface area contributed by atoms with E-state index in [0.717, 1.165) is 47.6 Å². The molecule has 0 bridgehead atoms. The third kappa shape index (κ3) is 1.63. The van der Waals surface area contributed by atoms with Crippen molar-refractivity contribution in [2.45, 2.75) is 12.1 Å². The van der Waals surface area contributed by atoms with Crippen LogP contribution in [0.4, 0.5) is 0 Å². The van der Waals surface area contributed by atoms with Crippen LogP contribution in [0, 0.1) is 0 Å². The van der Waals surface area contributed by atoms with E-state index < -0.39 is 0 Å². The summed E-state index contributed by atoms with van der Waals surface area (Å²) in [5, 5.41) is 9.62. The van der Waals surface area contributed by atoms with Gasteiger partial charge in [0.25, 0.3) is 0 Å². The maximum atomic E-state index is 6.18. The first-order chi connectivity index (χ1) is 10.8. The number of aromatic nitrogens is 4. The van der Waals surface area contributed by atoms with E-state index in [0.29, 0.717) is 11.6 Å². The molecule has 0 amide bonds. The molecule has 0 radical (unpaired) electrons. The van der Waals surface area contributed by atoms with Crippen molar-refractivity contribution in [3.05, 3.63) is 35.2 Å². The molecular formula is C15H14ClN5O. The highest BCUT2D eigenvalue weighted by Gasteiger charge is 2.45. The molecule has 2 N–H and O–H groups in total. The molecule has 1 saturated heterocycles. The molecule has 0 aromatic carbocycles. The zero-order valence-electron chi connectivity index (χ0n) is 11.8. The van der Waals surface area contributed by atoms with E-state index in [-0.39, 0.29) is 5.60 Å². The Morgan fingerprint density at radius 1 is 1.32 bits per heavy atom. The molecule has 1 fully saturated rings. The zero-order chi connectivity index (χ0) is 14.7. The van der Waals surface area contributed by atoms with Crippen LogP contribution in [0.5, 0.6) is 0 Å². The maximum absolute atomic E-state index is 6.18. The van der Waals surface area contributed by atoms with Gasteiger partial charge in [0.15, 0.2) is 0 Å². The van der Waals surface area contributed by atoms with E-state index in [1.54, 1.807) is 6.20 Å². The number of halogens is 1. The Morgan fingerprint density at radius 3 is 3.05 bits per heavy atom. The fraction of sp³-hybridized carbons (Fsp3) is 0.333. The summed E-state index contributed by atoms with van der Waals surface area (Å²) in [6, 6.07) is 4.14. The Labute approximate surface area is 131 Å². The number of aromatic amines is 1. The number of nitrogens with zero attached hydrogens (tertiary/aromatic N) is 3. The zero-order valence-corrected chi connectivity index (χ0v) is 12.5. The van der Waals surface area contributed by atoms with Gasteiger partial charge >= 0.3 is 0 Å². The van der Waals surface area contributed by atoms with Crippen molar-refractivity contribution in [1.82, 2.24) is 25.1 Å². The van der Waals surface area contributed by atoms with Crippen LogP contribution < -0.4 is 5.32 Å². The van der Waals surface area contributed by atoms with E-state index in [4.69, 9.17) is 21.4 Å². The molecule has 7 heteroatoms. The Kier molecular flexibility index (Phi) is 2.48. The van der Waals surface area contributed by atoms with Crippen molar-refractivity contribution in [1.29, 1.82) is 0 Å². The summed E-state index contributed by atoms with van der Waals surface area (Å²) in [6.07, 6.45) is 3.58. The summed E-state index contributed by atoms with van der Waals surface area (Å²) in [4.78, 5) is 7.47. The predicted octanol–water partition coefficient (Wildman–Crippen LogP) is 1.91. The van der Waals surface area contributed by atoms with Gasteiger partial charge in [0.05, 0.1) is 29.6 Å². The molecule has 0 aliphatic carbocycles. The first-order valence-corrected chi connectivity index (χ1v) is 7.69. The predicted molar refractivity (Wildman–Crippen MR) is 82.8 cm³/mol. The second kappa shape index (κ2) is 4.32. The van der Waals surface area contributed by atoms with Gasteiger partial charge in [-0.15, -0.1) is 0 Å². The Bertz CT molecular complexity index is 879. The van der Waals surface area contributed by atoms with Crippen LogP contribution in [-0.2, 0) is 16.9 Å². The van der Waals surface area contributed by atoms with Crippen molar-refractivity contribution in [3.8, 4) is 11.3 Å². The van der Waals surface area contributed by atoms with E-state index in [1.807, 2.05) is 12.3 Å². The van der Waals surface area contributed by atoms with Gasteiger partial charge < -0.3 is 15.0 Å². The van der Waals surface area contributed by atoms with Crippen molar-refractivity contribution in [2.75, 3.05) is 19.7 Å². The Morgan fingerprint density at radius 2 is 2.23 bits per heavy atom. The van der Waals surface area contributed by atoms with E-state index >= 15 is 0 Å².